The van der Waals surface area contributed by atoms with E-state index in [2.05, 4.69) is 24.8 Å². The molecule has 1 nitrogen and oxygen atoms in total. The van der Waals surface area contributed by atoms with Crippen LogP contribution in [0.4, 0.5) is 0 Å². The molecular weight excluding hydrogens is 218 g/mol. The summed E-state index contributed by atoms with van der Waals surface area (Å²) in [6.45, 7) is 7.13. The number of unbranched alkanes of at least 4 members (excludes halogenated alkanes) is 1. The third-order valence-electron chi connectivity index (χ3n) is 3.46. The third-order valence-corrected chi connectivity index (χ3v) is 3.81. The summed E-state index contributed by atoms with van der Waals surface area (Å²) in [7, 11) is 0. The van der Waals surface area contributed by atoms with Crippen molar-refractivity contribution < 1.29 is 0 Å². The molecule has 0 spiro atoms. The fourth-order valence-corrected chi connectivity index (χ4v) is 2.63. The van der Waals surface area contributed by atoms with Crippen molar-refractivity contribution in [2.24, 2.45) is 0 Å². The number of piperidine rings is 1. The van der Waals surface area contributed by atoms with Crippen molar-refractivity contribution in [3.63, 3.8) is 0 Å². The zero-order valence-electron chi connectivity index (χ0n) is 10.8. The molecule has 0 amide bonds. The highest BCUT2D eigenvalue weighted by molar-refractivity contribution is 6.19. The number of likely N-dealkylation sites (tertiary alicyclic amines) is 1. The molecule has 2 heteroatoms. The monoisotopic (exact) mass is 243 g/mol. The molecular formula is C14H26ClN. The summed E-state index contributed by atoms with van der Waals surface area (Å²) in [6.07, 6.45) is 10.1. The molecule has 1 unspecified atom stereocenters. The molecule has 0 aromatic rings. The Hall–Kier alpha value is -0.0100. The van der Waals surface area contributed by atoms with E-state index in [9.17, 15) is 0 Å². The van der Waals surface area contributed by atoms with Crippen LogP contribution in [0.25, 0.3) is 0 Å². The Balaban J connectivity index is 2.37. The highest BCUT2D eigenvalue weighted by Crippen LogP contribution is 2.18. The third kappa shape index (κ3) is 4.88. The second-order valence-corrected chi connectivity index (χ2v) is 5.20. The molecule has 1 aliphatic heterocycles. The Morgan fingerprint density at radius 2 is 2.00 bits per heavy atom. The maximum absolute atomic E-state index is 6.00. The van der Waals surface area contributed by atoms with Crippen molar-refractivity contribution in [3.05, 3.63) is 11.6 Å². The van der Waals surface area contributed by atoms with Crippen LogP contribution >= 0.6 is 11.6 Å². The van der Waals surface area contributed by atoms with E-state index in [4.69, 9.17) is 11.6 Å². The lowest BCUT2D eigenvalue weighted by Gasteiger charge is -2.32. The van der Waals surface area contributed by atoms with Gasteiger partial charge in [-0.2, -0.15) is 0 Å². The number of nitrogens with zero attached hydrogens (tertiary/aromatic N) is 1. The Morgan fingerprint density at radius 1 is 1.31 bits per heavy atom. The van der Waals surface area contributed by atoms with Crippen LogP contribution in [0.5, 0.6) is 0 Å². The van der Waals surface area contributed by atoms with E-state index < -0.39 is 0 Å². The standard InChI is InChI=1S/C14H26ClN/c1-3-4-8-14(12-15)11-13(2)16-9-6-5-7-10-16/h8,13H,3-7,9-12H2,1-2H3/b14-8+. The molecule has 0 aliphatic carbocycles. The van der Waals surface area contributed by atoms with E-state index in [1.54, 1.807) is 0 Å². The number of alkyl halides is 1. The molecule has 1 atom stereocenters. The van der Waals surface area contributed by atoms with E-state index in [-0.39, 0.29) is 0 Å². The summed E-state index contributed by atoms with van der Waals surface area (Å²) in [5.74, 6) is 0.707. The van der Waals surface area contributed by atoms with Gasteiger partial charge in [0.15, 0.2) is 0 Å². The van der Waals surface area contributed by atoms with Gasteiger partial charge in [-0.15, -0.1) is 11.6 Å². The Bertz CT molecular complexity index is 207. The largest absolute Gasteiger partial charge is 0.300 e. The van der Waals surface area contributed by atoms with Gasteiger partial charge in [-0.3, -0.25) is 0 Å². The van der Waals surface area contributed by atoms with Crippen LogP contribution in [0.15, 0.2) is 11.6 Å². The van der Waals surface area contributed by atoms with Gasteiger partial charge in [0.1, 0.15) is 0 Å². The predicted octanol–water partition coefficient (Wildman–Crippen LogP) is 4.22. The lowest BCUT2D eigenvalue weighted by Crippen LogP contribution is -2.37. The highest BCUT2D eigenvalue weighted by Gasteiger charge is 2.17. The second kappa shape index (κ2) is 8.14. The van der Waals surface area contributed by atoms with Crippen molar-refractivity contribution in [2.75, 3.05) is 19.0 Å². The van der Waals surface area contributed by atoms with Crippen LogP contribution in [0.2, 0.25) is 0 Å². The van der Waals surface area contributed by atoms with Gasteiger partial charge in [0.05, 0.1) is 0 Å². The fourth-order valence-electron chi connectivity index (χ4n) is 2.41. The highest BCUT2D eigenvalue weighted by atomic mass is 35.5. The van der Waals surface area contributed by atoms with Gasteiger partial charge in [-0.25, -0.2) is 0 Å². The smallest absolute Gasteiger partial charge is 0.0434 e. The van der Waals surface area contributed by atoms with Crippen molar-refractivity contribution in [1.29, 1.82) is 0 Å². The Kier molecular flexibility index (Phi) is 7.15. The number of hydrogen-bond acceptors (Lipinski definition) is 1. The molecule has 16 heavy (non-hydrogen) atoms. The number of hydrogen-bond donors (Lipinski definition) is 0. The van der Waals surface area contributed by atoms with Gasteiger partial charge in [-0.1, -0.05) is 31.4 Å². The molecule has 1 rings (SSSR count). The van der Waals surface area contributed by atoms with Gasteiger partial charge in [0.25, 0.3) is 0 Å². The van der Waals surface area contributed by atoms with Crippen LogP contribution in [-0.2, 0) is 0 Å². The van der Waals surface area contributed by atoms with Crippen molar-refractivity contribution >= 4 is 11.6 Å². The molecule has 0 aromatic carbocycles. The molecule has 94 valence electrons. The average molecular weight is 244 g/mol. The number of rotatable bonds is 6. The fraction of sp³-hybridized carbons (Fsp3) is 0.857. The Labute approximate surface area is 106 Å². The second-order valence-electron chi connectivity index (χ2n) is 4.93. The molecule has 1 fully saturated rings. The molecule has 0 aromatic heterocycles. The number of allylic oxidation sites excluding steroid dienone is 1. The van der Waals surface area contributed by atoms with Gasteiger partial charge in [0, 0.05) is 11.9 Å². The van der Waals surface area contributed by atoms with Crippen molar-refractivity contribution in [2.45, 2.75) is 58.4 Å². The van der Waals surface area contributed by atoms with Crippen molar-refractivity contribution in [1.82, 2.24) is 4.90 Å². The molecule has 0 radical (unpaired) electrons. The quantitative estimate of drug-likeness (QED) is 0.499. The first-order valence-corrected chi connectivity index (χ1v) is 7.29. The summed E-state index contributed by atoms with van der Waals surface area (Å²) in [5.41, 5.74) is 1.43. The SMILES string of the molecule is CCC/C=C(/CCl)CC(C)N1CCCCC1. The van der Waals surface area contributed by atoms with E-state index in [0.717, 1.165) is 6.42 Å². The minimum atomic E-state index is 0.669. The molecule has 0 bridgehead atoms. The lowest BCUT2D eigenvalue weighted by molar-refractivity contribution is 0.173. The van der Waals surface area contributed by atoms with Crippen LogP contribution in [-0.4, -0.2) is 29.9 Å². The maximum Gasteiger partial charge on any atom is 0.0434 e. The zero-order valence-corrected chi connectivity index (χ0v) is 11.6. The maximum atomic E-state index is 6.00. The normalized spacial score (nSPS) is 21.1. The summed E-state index contributed by atoms with van der Waals surface area (Å²) >= 11 is 6.00. The molecule has 0 N–H and O–H groups in total. The summed E-state index contributed by atoms with van der Waals surface area (Å²) in [6, 6.07) is 0.669. The first-order valence-electron chi connectivity index (χ1n) is 6.75. The first kappa shape index (κ1) is 14.1. The summed E-state index contributed by atoms with van der Waals surface area (Å²) in [4.78, 5) is 2.62. The van der Waals surface area contributed by atoms with Crippen LogP contribution in [0.1, 0.15) is 52.4 Å². The minimum absolute atomic E-state index is 0.669. The van der Waals surface area contributed by atoms with Gasteiger partial charge in [-0.05, 0) is 45.7 Å². The average Bonchev–Trinajstić information content (AvgIpc) is 2.35. The summed E-state index contributed by atoms with van der Waals surface area (Å²) in [5, 5.41) is 0. The molecule has 1 heterocycles. The van der Waals surface area contributed by atoms with Gasteiger partial charge in [0.2, 0.25) is 0 Å². The molecule has 0 saturated carbocycles. The molecule has 1 aliphatic rings. The van der Waals surface area contributed by atoms with Crippen molar-refractivity contribution in [3.8, 4) is 0 Å². The van der Waals surface area contributed by atoms with Gasteiger partial charge >= 0.3 is 0 Å². The summed E-state index contributed by atoms with van der Waals surface area (Å²) < 4.78 is 0. The lowest BCUT2D eigenvalue weighted by atomic mass is 10.0. The Morgan fingerprint density at radius 3 is 2.56 bits per heavy atom. The number of halogens is 1. The van der Waals surface area contributed by atoms with Gasteiger partial charge < -0.3 is 4.90 Å². The van der Waals surface area contributed by atoms with E-state index in [1.165, 1.54) is 50.8 Å². The van der Waals surface area contributed by atoms with Crippen LogP contribution in [0.3, 0.4) is 0 Å². The minimum Gasteiger partial charge on any atom is -0.300 e. The molecule has 1 saturated heterocycles. The topological polar surface area (TPSA) is 3.24 Å². The van der Waals surface area contributed by atoms with E-state index >= 15 is 0 Å². The van der Waals surface area contributed by atoms with E-state index in [0.29, 0.717) is 11.9 Å². The van der Waals surface area contributed by atoms with Crippen LogP contribution < -0.4 is 0 Å². The first-order chi connectivity index (χ1) is 7.77. The zero-order chi connectivity index (χ0) is 11.8. The predicted molar refractivity (Wildman–Crippen MR) is 73.2 cm³/mol. The van der Waals surface area contributed by atoms with E-state index in [1.807, 2.05) is 0 Å². The van der Waals surface area contributed by atoms with Crippen LogP contribution in [0, 0.1) is 0 Å².